The maximum Gasteiger partial charge on any atom is 0.247 e. The number of piperidine rings is 1. The van der Waals surface area contributed by atoms with Crippen LogP contribution in [0.2, 0.25) is 10.2 Å². The molecule has 1 aliphatic rings. The highest BCUT2D eigenvalue weighted by molar-refractivity contribution is 7.98. The van der Waals surface area contributed by atoms with Crippen molar-refractivity contribution in [3.05, 3.63) is 62.5 Å². The molecular formula is C22H17Cl2N5S2. The van der Waals surface area contributed by atoms with Gasteiger partial charge in [0.2, 0.25) is 5.69 Å². The molecule has 1 fully saturated rings. The highest BCUT2D eigenvalue weighted by atomic mass is 35.5. The number of hydrogen-bond acceptors (Lipinski definition) is 6. The third-order valence-corrected chi connectivity index (χ3v) is 7.43. The Morgan fingerprint density at radius 3 is 2.58 bits per heavy atom. The number of pyridine rings is 1. The van der Waals surface area contributed by atoms with Crippen molar-refractivity contribution in [1.29, 1.82) is 5.26 Å². The van der Waals surface area contributed by atoms with Crippen molar-refractivity contribution in [2.24, 2.45) is 0 Å². The highest BCUT2D eigenvalue weighted by Gasteiger charge is 2.25. The van der Waals surface area contributed by atoms with Crippen molar-refractivity contribution >= 4 is 57.7 Å². The maximum absolute atomic E-state index is 9.91. The lowest BCUT2D eigenvalue weighted by Gasteiger charge is -2.31. The van der Waals surface area contributed by atoms with Gasteiger partial charge < -0.3 is 4.90 Å². The first-order chi connectivity index (χ1) is 15.1. The first-order valence-corrected chi connectivity index (χ1v) is 12.3. The predicted molar refractivity (Wildman–Crippen MR) is 128 cm³/mol. The van der Waals surface area contributed by atoms with Gasteiger partial charge >= 0.3 is 0 Å². The number of hydrogen-bond donors (Lipinski definition) is 0. The lowest BCUT2D eigenvalue weighted by atomic mass is 10.1. The van der Waals surface area contributed by atoms with Gasteiger partial charge in [0.15, 0.2) is 0 Å². The molecule has 31 heavy (non-hydrogen) atoms. The molecule has 0 amide bonds. The average Bonchev–Trinajstić information content (AvgIpc) is 3.27. The Bertz CT molecular complexity index is 1170. The zero-order valence-electron chi connectivity index (χ0n) is 16.4. The van der Waals surface area contributed by atoms with Crippen molar-refractivity contribution in [2.75, 3.05) is 18.0 Å². The second kappa shape index (κ2) is 9.89. The zero-order valence-corrected chi connectivity index (χ0v) is 19.6. The van der Waals surface area contributed by atoms with Gasteiger partial charge in [-0.05, 0) is 31.4 Å². The SMILES string of the molecule is [C-]#[N+]c1c(Cl)nc(SCc2csc(-c3ccc(Cl)cc3)n2)c(C#N)c1N1CCCCC1. The summed E-state index contributed by atoms with van der Waals surface area (Å²) < 4.78 is 0. The molecule has 5 nitrogen and oxygen atoms in total. The first-order valence-electron chi connectivity index (χ1n) is 9.70. The number of thiazole rings is 1. The molecule has 3 heterocycles. The summed E-state index contributed by atoms with van der Waals surface area (Å²) in [6, 6.07) is 9.86. The van der Waals surface area contributed by atoms with Crippen molar-refractivity contribution in [3.63, 3.8) is 0 Å². The molecule has 1 aliphatic heterocycles. The van der Waals surface area contributed by atoms with Gasteiger partial charge in [-0.1, -0.05) is 47.1 Å². The molecule has 3 aromatic rings. The van der Waals surface area contributed by atoms with Gasteiger partial charge in [0.05, 0.1) is 23.5 Å². The normalized spacial score (nSPS) is 13.6. The van der Waals surface area contributed by atoms with E-state index in [1.807, 2.05) is 29.6 Å². The van der Waals surface area contributed by atoms with E-state index in [4.69, 9.17) is 34.8 Å². The maximum atomic E-state index is 9.91. The first kappa shape index (κ1) is 21.9. The molecule has 156 valence electrons. The Hall–Kier alpha value is -2.29. The van der Waals surface area contributed by atoms with E-state index >= 15 is 0 Å². The molecule has 0 unspecified atom stereocenters. The van der Waals surface area contributed by atoms with E-state index in [0.29, 0.717) is 27.1 Å². The third kappa shape index (κ3) is 4.81. The Morgan fingerprint density at radius 1 is 1.16 bits per heavy atom. The van der Waals surface area contributed by atoms with Crippen LogP contribution in [0.3, 0.4) is 0 Å². The minimum atomic E-state index is 0.150. The predicted octanol–water partition coefficient (Wildman–Crippen LogP) is 7.22. The third-order valence-electron chi connectivity index (χ3n) is 4.97. The molecule has 4 rings (SSSR count). The fourth-order valence-electron chi connectivity index (χ4n) is 3.49. The Labute approximate surface area is 199 Å². The van der Waals surface area contributed by atoms with Gasteiger partial charge in [-0.15, -0.1) is 11.3 Å². The zero-order chi connectivity index (χ0) is 21.8. The van der Waals surface area contributed by atoms with Crippen molar-refractivity contribution < 1.29 is 0 Å². The number of rotatable bonds is 5. The lowest BCUT2D eigenvalue weighted by Crippen LogP contribution is -2.30. The molecule has 0 atom stereocenters. The Morgan fingerprint density at radius 2 is 1.90 bits per heavy atom. The molecular weight excluding hydrogens is 469 g/mol. The number of anilines is 1. The fourth-order valence-corrected chi connectivity index (χ4v) is 5.68. The Balaban J connectivity index is 1.60. The highest BCUT2D eigenvalue weighted by Crippen LogP contribution is 2.43. The van der Waals surface area contributed by atoms with Gasteiger partial charge in [-0.2, -0.15) is 5.26 Å². The van der Waals surface area contributed by atoms with Crippen LogP contribution >= 0.6 is 46.3 Å². The van der Waals surface area contributed by atoms with E-state index in [2.05, 4.69) is 20.8 Å². The molecule has 0 radical (unpaired) electrons. The van der Waals surface area contributed by atoms with Crippen LogP contribution in [-0.2, 0) is 5.75 Å². The molecule has 0 aliphatic carbocycles. The fraction of sp³-hybridized carbons (Fsp3) is 0.273. The molecule has 0 N–H and O–H groups in total. The van der Waals surface area contributed by atoms with E-state index in [9.17, 15) is 5.26 Å². The molecule has 1 saturated heterocycles. The van der Waals surface area contributed by atoms with Crippen LogP contribution in [0.15, 0.2) is 34.7 Å². The molecule has 1 aromatic carbocycles. The van der Waals surface area contributed by atoms with Gasteiger partial charge in [-0.3, -0.25) is 0 Å². The van der Waals surface area contributed by atoms with Gasteiger partial charge in [-0.25, -0.2) is 14.8 Å². The van der Waals surface area contributed by atoms with E-state index < -0.39 is 0 Å². The second-order valence-electron chi connectivity index (χ2n) is 6.99. The topological polar surface area (TPSA) is 57.2 Å². The number of benzene rings is 1. The summed E-state index contributed by atoms with van der Waals surface area (Å²) in [5, 5.41) is 14.2. The van der Waals surface area contributed by atoms with Crippen LogP contribution in [0.4, 0.5) is 11.4 Å². The largest absolute Gasteiger partial charge is 0.379 e. The molecule has 9 heteroatoms. The molecule has 0 bridgehead atoms. The van der Waals surface area contributed by atoms with Gasteiger partial charge in [0.25, 0.3) is 0 Å². The minimum Gasteiger partial charge on any atom is -0.379 e. The standard InChI is InChI=1S/C22H17Cl2N5S2/c1-26-18-19(29-9-3-2-4-10-29)17(11-25)22(28-20(18)24)31-13-16-12-30-21(27-16)14-5-7-15(23)8-6-14/h5-8,12H,2-4,9-10,13H2. The summed E-state index contributed by atoms with van der Waals surface area (Å²) in [5.74, 6) is 0.554. The minimum absolute atomic E-state index is 0.150. The van der Waals surface area contributed by atoms with E-state index in [1.54, 1.807) is 11.3 Å². The molecule has 0 spiro atoms. The van der Waals surface area contributed by atoms with Gasteiger partial charge in [0.1, 0.15) is 21.3 Å². The summed E-state index contributed by atoms with van der Waals surface area (Å²) in [5.41, 5.74) is 3.23. The van der Waals surface area contributed by atoms with E-state index in [0.717, 1.165) is 48.6 Å². The number of thioether (sulfide) groups is 1. The van der Waals surface area contributed by atoms with E-state index in [-0.39, 0.29) is 10.8 Å². The van der Waals surface area contributed by atoms with Crippen LogP contribution in [0, 0.1) is 17.9 Å². The quantitative estimate of drug-likeness (QED) is 0.217. The summed E-state index contributed by atoms with van der Waals surface area (Å²) in [6.45, 7) is 9.20. The van der Waals surface area contributed by atoms with Crippen LogP contribution in [0.5, 0.6) is 0 Å². The number of aromatic nitrogens is 2. The van der Waals surface area contributed by atoms with E-state index in [1.165, 1.54) is 11.8 Å². The Kier molecular flexibility index (Phi) is 6.99. The van der Waals surface area contributed by atoms with Crippen LogP contribution < -0.4 is 4.90 Å². The van der Waals surface area contributed by atoms with Crippen molar-refractivity contribution in [1.82, 2.24) is 9.97 Å². The van der Waals surface area contributed by atoms with Crippen LogP contribution in [0.25, 0.3) is 15.4 Å². The van der Waals surface area contributed by atoms with Gasteiger partial charge in [0, 0.05) is 34.8 Å². The van der Waals surface area contributed by atoms with Crippen LogP contribution in [-0.4, -0.2) is 23.1 Å². The number of nitrogens with zero attached hydrogens (tertiary/aromatic N) is 5. The number of halogens is 2. The van der Waals surface area contributed by atoms with Crippen LogP contribution in [0.1, 0.15) is 30.5 Å². The van der Waals surface area contributed by atoms with Crippen molar-refractivity contribution in [3.8, 4) is 16.6 Å². The summed E-state index contributed by atoms with van der Waals surface area (Å²) >= 11 is 15.3. The molecule has 2 aromatic heterocycles. The average molecular weight is 486 g/mol. The summed E-state index contributed by atoms with van der Waals surface area (Å²) in [7, 11) is 0. The molecule has 0 saturated carbocycles. The van der Waals surface area contributed by atoms with Crippen molar-refractivity contribution in [2.45, 2.75) is 30.0 Å². The number of nitriles is 1. The smallest absolute Gasteiger partial charge is 0.247 e. The second-order valence-corrected chi connectivity index (χ2v) is 9.61. The monoisotopic (exact) mass is 485 g/mol. The lowest BCUT2D eigenvalue weighted by molar-refractivity contribution is 0.577. The summed E-state index contributed by atoms with van der Waals surface area (Å²) in [6.07, 6.45) is 3.24. The summed E-state index contributed by atoms with van der Waals surface area (Å²) in [4.78, 5) is 14.8.